The minimum Gasteiger partial charge on any atom is -0.483 e. The Morgan fingerprint density at radius 3 is 2.65 bits per heavy atom. The summed E-state index contributed by atoms with van der Waals surface area (Å²) in [6, 6.07) is 16.9. The molecule has 4 aromatic rings. The van der Waals surface area contributed by atoms with Gasteiger partial charge >= 0.3 is 5.97 Å². The number of nitrogens with zero attached hydrogens (tertiary/aromatic N) is 2. The van der Waals surface area contributed by atoms with Crippen molar-refractivity contribution in [1.29, 1.82) is 0 Å². The second kappa shape index (κ2) is 9.95. The molecule has 0 aliphatic heterocycles. The van der Waals surface area contributed by atoms with E-state index in [2.05, 4.69) is 10.3 Å². The number of carbonyl (C=O) groups is 2. The molecule has 0 radical (unpaired) electrons. The van der Waals surface area contributed by atoms with Crippen LogP contribution in [0.2, 0.25) is 0 Å². The van der Waals surface area contributed by atoms with Crippen molar-refractivity contribution < 1.29 is 23.5 Å². The maximum Gasteiger partial charge on any atom is 0.342 e. The number of anilines is 1. The van der Waals surface area contributed by atoms with Crippen molar-refractivity contribution in [1.82, 2.24) is 9.38 Å². The highest BCUT2D eigenvalue weighted by Crippen LogP contribution is 2.20. The summed E-state index contributed by atoms with van der Waals surface area (Å²) in [4.78, 5) is 41.5. The first-order valence-corrected chi connectivity index (χ1v) is 10.3. The highest BCUT2D eigenvalue weighted by molar-refractivity contribution is 5.94. The number of esters is 1. The largest absolute Gasteiger partial charge is 0.483 e. The van der Waals surface area contributed by atoms with Crippen LogP contribution in [0.1, 0.15) is 21.6 Å². The van der Waals surface area contributed by atoms with Gasteiger partial charge in [-0.2, -0.15) is 0 Å². The van der Waals surface area contributed by atoms with Crippen LogP contribution in [0.25, 0.3) is 5.65 Å². The molecule has 0 bridgehead atoms. The van der Waals surface area contributed by atoms with Gasteiger partial charge in [-0.05, 0) is 42.8 Å². The quantitative estimate of drug-likeness (QED) is 0.423. The van der Waals surface area contributed by atoms with E-state index in [0.717, 1.165) is 5.56 Å². The van der Waals surface area contributed by atoms with Crippen molar-refractivity contribution in [3.63, 3.8) is 0 Å². The number of ether oxygens (including phenoxy) is 2. The highest BCUT2D eigenvalue weighted by Gasteiger charge is 2.16. The number of hydrogen-bond acceptors (Lipinski definition) is 6. The Bertz CT molecular complexity index is 1430. The van der Waals surface area contributed by atoms with Crippen LogP contribution in [0.15, 0.2) is 77.7 Å². The molecule has 2 heterocycles. The number of benzene rings is 2. The Labute approximate surface area is 193 Å². The van der Waals surface area contributed by atoms with Crippen LogP contribution in [0.5, 0.6) is 5.75 Å². The molecule has 0 spiro atoms. The van der Waals surface area contributed by atoms with Gasteiger partial charge in [-0.1, -0.05) is 30.3 Å². The number of halogens is 1. The lowest BCUT2D eigenvalue weighted by molar-refractivity contribution is -0.118. The van der Waals surface area contributed by atoms with Gasteiger partial charge in [-0.3, -0.25) is 14.0 Å². The number of fused-ring (bicyclic) bond motifs is 1. The molecule has 0 unspecified atom stereocenters. The topological polar surface area (TPSA) is 99.0 Å². The molecule has 9 heteroatoms. The number of pyridine rings is 1. The lowest BCUT2D eigenvalue weighted by Gasteiger charge is -2.12. The fraction of sp³-hybridized carbons (Fsp3) is 0.120. The second-order valence-electron chi connectivity index (χ2n) is 7.36. The number of nitrogens with one attached hydrogen (secondary N) is 1. The van der Waals surface area contributed by atoms with Gasteiger partial charge in [0.25, 0.3) is 11.5 Å². The predicted octanol–water partition coefficient (Wildman–Crippen LogP) is 3.52. The van der Waals surface area contributed by atoms with Crippen LogP contribution >= 0.6 is 0 Å². The normalized spacial score (nSPS) is 10.6. The number of carbonyl (C=O) groups excluding carboxylic acids is 2. The molecule has 34 heavy (non-hydrogen) atoms. The van der Waals surface area contributed by atoms with E-state index in [1.807, 2.05) is 13.0 Å². The Morgan fingerprint density at radius 2 is 1.82 bits per heavy atom. The number of hydrogen-bond donors (Lipinski definition) is 1. The van der Waals surface area contributed by atoms with Gasteiger partial charge in [-0.25, -0.2) is 14.2 Å². The lowest BCUT2D eigenvalue weighted by atomic mass is 10.2. The molecule has 8 nitrogen and oxygen atoms in total. The van der Waals surface area contributed by atoms with Gasteiger partial charge in [0.1, 0.15) is 29.4 Å². The maximum absolute atomic E-state index is 13.7. The summed E-state index contributed by atoms with van der Waals surface area (Å²) in [5.74, 6) is -1.75. The summed E-state index contributed by atoms with van der Waals surface area (Å²) in [7, 11) is 0. The lowest BCUT2D eigenvalue weighted by Crippen LogP contribution is -2.21. The Kier molecular flexibility index (Phi) is 6.63. The van der Waals surface area contributed by atoms with E-state index < -0.39 is 24.3 Å². The fourth-order valence-electron chi connectivity index (χ4n) is 3.25. The van der Waals surface area contributed by atoms with Crippen molar-refractivity contribution in [2.45, 2.75) is 13.5 Å². The zero-order valence-corrected chi connectivity index (χ0v) is 18.2. The summed E-state index contributed by atoms with van der Waals surface area (Å²) in [5.41, 5.74) is 1.41. The molecule has 0 aliphatic rings. The Morgan fingerprint density at radius 1 is 1.06 bits per heavy atom. The molecule has 2 aromatic heterocycles. The smallest absolute Gasteiger partial charge is 0.342 e. The number of aromatic nitrogens is 2. The number of para-hydroxylation sites is 2. The monoisotopic (exact) mass is 461 g/mol. The van der Waals surface area contributed by atoms with E-state index in [4.69, 9.17) is 9.47 Å². The first kappa shape index (κ1) is 22.7. The highest BCUT2D eigenvalue weighted by atomic mass is 19.1. The van der Waals surface area contributed by atoms with Gasteiger partial charge in [0, 0.05) is 12.3 Å². The van der Waals surface area contributed by atoms with Crippen molar-refractivity contribution in [2.75, 3.05) is 11.9 Å². The third-order valence-electron chi connectivity index (χ3n) is 4.90. The maximum atomic E-state index is 13.7. The summed E-state index contributed by atoms with van der Waals surface area (Å²) >= 11 is 0. The van der Waals surface area contributed by atoms with E-state index in [9.17, 15) is 18.8 Å². The molecule has 0 fully saturated rings. The van der Waals surface area contributed by atoms with Gasteiger partial charge in [0.2, 0.25) is 0 Å². The van der Waals surface area contributed by atoms with Crippen molar-refractivity contribution in [3.8, 4) is 5.75 Å². The first-order valence-electron chi connectivity index (χ1n) is 10.3. The fourth-order valence-corrected chi connectivity index (χ4v) is 3.25. The summed E-state index contributed by atoms with van der Waals surface area (Å²) in [6.07, 6.45) is 1.61. The molecule has 0 saturated carbocycles. The van der Waals surface area contributed by atoms with Gasteiger partial charge in [-0.15, -0.1) is 0 Å². The SMILES string of the molecule is Cc1cccn2c(=O)cc(COC(=O)c3ccccc3OCC(=O)Nc3ccccc3F)nc12. The molecule has 0 atom stereocenters. The average molecular weight is 461 g/mol. The molecule has 1 N–H and O–H groups in total. The minimum absolute atomic E-state index is 0.0258. The zero-order valence-electron chi connectivity index (χ0n) is 18.2. The van der Waals surface area contributed by atoms with Crippen molar-refractivity contribution >= 4 is 23.2 Å². The van der Waals surface area contributed by atoms with Gasteiger partial charge in [0.15, 0.2) is 6.61 Å². The standard InChI is InChI=1S/C25H20FN3O5/c1-16-7-6-12-29-23(31)13-17(27-24(16)29)14-34-25(32)18-8-2-5-11-21(18)33-15-22(30)28-20-10-4-3-9-19(20)26/h2-13H,14-15H2,1H3,(H,28,30). The van der Waals surface area contributed by atoms with Crippen LogP contribution < -0.4 is 15.6 Å². The second-order valence-corrected chi connectivity index (χ2v) is 7.36. The van der Waals surface area contributed by atoms with Crippen LogP contribution in [0.4, 0.5) is 10.1 Å². The van der Waals surface area contributed by atoms with Crippen LogP contribution in [0, 0.1) is 12.7 Å². The van der Waals surface area contributed by atoms with Crippen LogP contribution in [-0.4, -0.2) is 27.9 Å². The number of amides is 1. The van der Waals surface area contributed by atoms with E-state index in [0.29, 0.717) is 11.3 Å². The molecule has 0 saturated heterocycles. The number of aryl methyl sites for hydroxylation is 1. The molecular weight excluding hydrogens is 441 g/mol. The summed E-state index contributed by atoms with van der Waals surface area (Å²) in [6.45, 7) is 1.16. The van der Waals surface area contributed by atoms with Gasteiger partial charge < -0.3 is 14.8 Å². The molecule has 172 valence electrons. The van der Waals surface area contributed by atoms with Crippen molar-refractivity contribution in [2.24, 2.45) is 0 Å². The Hall–Kier alpha value is -4.53. The van der Waals surface area contributed by atoms with E-state index >= 15 is 0 Å². The van der Waals surface area contributed by atoms with Crippen LogP contribution in [-0.2, 0) is 16.1 Å². The van der Waals surface area contributed by atoms with Crippen molar-refractivity contribution in [3.05, 3.63) is 106 Å². The summed E-state index contributed by atoms with van der Waals surface area (Å²) < 4.78 is 25.9. The molecule has 0 aliphatic carbocycles. The predicted molar refractivity (Wildman–Crippen MR) is 122 cm³/mol. The first-order chi connectivity index (χ1) is 16.4. The molecule has 2 aromatic carbocycles. The van der Waals surface area contributed by atoms with E-state index in [1.165, 1.54) is 40.8 Å². The third-order valence-corrected chi connectivity index (χ3v) is 4.90. The minimum atomic E-state index is -0.711. The van der Waals surface area contributed by atoms with Gasteiger partial charge in [0.05, 0.1) is 11.4 Å². The average Bonchev–Trinajstić information content (AvgIpc) is 2.83. The molecular formula is C25H20FN3O5. The number of rotatable bonds is 7. The van der Waals surface area contributed by atoms with Crippen LogP contribution in [0.3, 0.4) is 0 Å². The van der Waals surface area contributed by atoms with E-state index in [-0.39, 0.29) is 29.2 Å². The third kappa shape index (κ3) is 5.09. The molecule has 4 rings (SSSR count). The Balaban J connectivity index is 1.42. The van der Waals surface area contributed by atoms with E-state index in [1.54, 1.807) is 30.5 Å². The zero-order chi connectivity index (χ0) is 24.1. The summed E-state index contributed by atoms with van der Waals surface area (Å²) in [5, 5.41) is 2.41. The molecule has 1 amide bonds.